The Bertz CT molecular complexity index is 470. The topological polar surface area (TPSA) is 52.6 Å². The van der Waals surface area contributed by atoms with Crippen molar-refractivity contribution < 1.29 is 9.90 Å². The molecule has 118 valence electrons. The predicted molar refractivity (Wildman–Crippen MR) is 90.0 cm³/mol. The van der Waals surface area contributed by atoms with Crippen LogP contribution in [0, 0.1) is 0 Å². The molecule has 0 fully saturated rings. The van der Waals surface area contributed by atoms with E-state index in [1.807, 2.05) is 31.2 Å². The summed E-state index contributed by atoms with van der Waals surface area (Å²) in [5.41, 5.74) is -0.0880. The number of nitrogens with zero attached hydrogens (tertiary/aromatic N) is 1. The third-order valence-electron chi connectivity index (χ3n) is 2.74. The van der Waals surface area contributed by atoms with Crippen LogP contribution in [-0.4, -0.2) is 40.0 Å². The molecule has 0 radical (unpaired) electrons. The van der Waals surface area contributed by atoms with Crippen molar-refractivity contribution in [1.82, 2.24) is 4.90 Å². The number of benzene rings is 1. The Morgan fingerprint density at radius 2 is 2.00 bits per heavy atom. The Labute approximate surface area is 131 Å². The maximum atomic E-state index is 12.4. The van der Waals surface area contributed by atoms with Crippen LogP contribution in [0.3, 0.4) is 0 Å². The fraction of sp³-hybridized carbons (Fsp3) is 0.562. The molecule has 21 heavy (non-hydrogen) atoms. The molecule has 0 heterocycles. The van der Waals surface area contributed by atoms with Crippen LogP contribution in [0.25, 0.3) is 0 Å². The van der Waals surface area contributed by atoms with Gasteiger partial charge in [-0.2, -0.15) is 0 Å². The molecule has 1 rings (SSSR count). The minimum Gasteiger partial charge on any atom is -0.389 e. The number of amides is 2. The largest absolute Gasteiger partial charge is 0.389 e. The van der Waals surface area contributed by atoms with Crippen LogP contribution in [0.15, 0.2) is 29.2 Å². The van der Waals surface area contributed by atoms with Crippen molar-refractivity contribution in [3.8, 4) is 0 Å². The molecule has 0 aromatic heterocycles. The van der Waals surface area contributed by atoms with Crippen molar-refractivity contribution in [3.63, 3.8) is 0 Å². The summed E-state index contributed by atoms with van der Waals surface area (Å²) in [6.07, 6.45) is 0. The standard InChI is InChI=1S/C16H26N2O2S/c1-6-18(11-16(4,5)20)15(19)17-13-9-7-8-10-14(13)21-12(2)3/h7-10,12,20H,6,11H2,1-5H3,(H,17,19). The van der Waals surface area contributed by atoms with E-state index in [-0.39, 0.29) is 6.03 Å². The first-order valence-electron chi connectivity index (χ1n) is 7.27. The second-order valence-corrected chi connectivity index (χ2v) is 7.54. The van der Waals surface area contributed by atoms with Crippen LogP contribution < -0.4 is 5.32 Å². The zero-order valence-electron chi connectivity index (χ0n) is 13.5. The van der Waals surface area contributed by atoms with Gasteiger partial charge in [0.15, 0.2) is 0 Å². The fourth-order valence-corrected chi connectivity index (χ4v) is 2.83. The zero-order valence-corrected chi connectivity index (χ0v) is 14.3. The van der Waals surface area contributed by atoms with Gasteiger partial charge in [0.25, 0.3) is 0 Å². The van der Waals surface area contributed by atoms with Crippen LogP contribution in [0.5, 0.6) is 0 Å². The van der Waals surface area contributed by atoms with Crippen LogP contribution in [0.2, 0.25) is 0 Å². The van der Waals surface area contributed by atoms with Crippen molar-refractivity contribution in [2.75, 3.05) is 18.4 Å². The lowest BCUT2D eigenvalue weighted by atomic mass is 10.1. The third-order valence-corrected chi connectivity index (χ3v) is 3.82. The quantitative estimate of drug-likeness (QED) is 0.786. The van der Waals surface area contributed by atoms with Gasteiger partial charge >= 0.3 is 6.03 Å². The summed E-state index contributed by atoms with van der Waals surface area (Å²) in [5, 5.41) is 13.3. The minimum absolute atomic E-state index is 0.184. The number of carbonyl (C=O) groups excluding carboxylic acids is 1. The number of rotatable bonds is 6. The molecule has 5 heteroatoms. The zero-order chi connectivity index (χ0) is 16.0. The summed E-state index contributed by atoms with van der Waals surface area (Å²) in [5.74, 6) is 0. The van der Waals surface area contributed by atoms with E-state index in [2.05, 4.69) is 19.2 Å². The molecule has 1 aromatic rings. The average Bonchev–Trinajstić information content (AvgIpc) is 2.36. The van der Waals surface area contributed by atoms with Gasteiger partial charge in [0.1, 0.15) is 0 Å². The molecule has 0 bridgehead atoms. The second-order valence-electron chi connectivity index (χ2n) is 5.92. The van der Waals surface area contributed by atoms with Crippen LogP contribution in [0.1, 0.15) is 34.6 Å². The summed E-state index contributed by atoms with van der Waals surface area (Å²) in [6, 6.07) is 7.60. The van der Waals surface area contributed by atoms with E-state index in [1.54, 1.807) is 30.5 Å². The van der Waals surface area contributed by atoms with Crippen molar-refractivity contribution in [2.24, 2.45) is 0 Å². The maximum absolute atomic E-state index is 12.4. The van der Waals surface area contributed by atoms with E-state index in [9.17, 15) is 9.90 Å². The van der Waals surface area contributed by atoms with Gasteiger partial charge in [-0.3, -0.25) is 0 Å². The molecule has 0 spiro atoms. The van der Waals surface area contributed by atoms with Crippen molar-refractivity contribution in [3.05, 3.63) is 24.3 Å². The first kappa shape index (κ1) is 17.9. The monoisotopic (exact) mass is 310 g/mol. The molecule has 0 aliphatic carbocycles. The normalized spacial score (nSPS) is 11.6. The number of para-hydroxylation sites is 1. The van der Waals surface area contributed by atoms with Gasteiger partial charge in [-0.05, 0) is 32.9 Å². The highest BCUT2D eigenvalue weighted by molar-refractivity contribution is 8.00. The van der Waals surface area contributed by atoms with Gasteiger partial charge in [0, 0.05) is 16.7 Å². The lowest BCUT2D eigenvalue weighted by Crippen LogP contribution is -2.44. The van der Waals surface area contributed by atoms with E-state index >= 15 is 0 Å². The van der Waals surface area contributed by atoms with Gasteiger partial charge < -0.3 is 15.3 Å². The second kappa shape index (κ2) is 7.71. The Morgan fingerprint density at radius 1 is 1.38 bits per heavy atom. The van der Waals surface area contributed by atoms with Crippen molar-refractivity contribution >= 4 is 23.5 Å². The number of nitrogens with one attached hydrogen (secondary N) is 1. The highest BCUT2D eigenvalue weighted by atomic mass is 32.2. The number of urea groups is 1. The number of likely N-dealkylation sites (N-methyl/N-ethyl adjacent to an activating group) is 1. The number of thioether (sulfide) groups is 1. The first-order valence-corrected chi connectivity index (χ1v) is 8.15. The lowest BCUT2D eigenvalue weighted by Gasteiger charge is -2.28. The number of hydrogen-bond acceptors (Lipinski definition) is 3. The van der Waals surface area contributed by atoms with Gasteiger partial charge in [-0.1, -0.05) is 26.0 Å². The lowest BCUT2D eigenvalue weighted by molar-refractivity contribution is 0.0501. The van der Waals surface area contributed by atoms with Gasteiger partial charge in [-0.15, -0.1) is 11.8 Å². The molecule has 1 aromatic carbocycles. The molecule has 0 aliphatic rings. The SMILES string of the molecule is CCN(CC(C)(C)O)C(=O)Nc1ccccc1SC(C)C. The summed E-state index contributed by atoms with van der Waals surface area (Å²) in [4.78, 5) is 15.0. The van der Waals surface area contributed by atoms with E-state index in [4.69, 9.17) is 0 Å². The third kappa shape index (κ3) is 6.40. The van der Waals surface area contributed by atoms with Crippen molar-refractivity contribution in [2.45, 2.75) is 50.4 Å². The number of anilines is 1. The number of hydrogen-bond donors (Lipinski definition) is 2. The van der Waals surface area contributed by atoms with E-state index in [1.165, 1.54) is 0 Å². The van der Waals surface area contributed by atoms with E-state index in [0.717, 1.165) is 10.6 Å². The molecular weight excluding hydrogens is 284 g/mol. The first-order chi connectivity index (χ1) is 9.73. The molecule has 0 saturated heterocycles. The highest BCUT2D eigenvalue weighted by Gasteiger charge is 2.21. The Hall–Kier alpha value is -1.20. The molecule has 0 atom stereocenters. The van der Waals surface area contributed by atoms with Crippen LogP contribution >= 0.6 is 11.8 Å². The smallest absolute Gasteiger partial charge is 0.321 e. The van der Waals surface area contributed by atoms with Crippen LogP contribution in [-0.2, 0) is 0 Å². The highest BCUT2D eigenvalue weighted by Crippen LogP contribution is 2.30. The Morgan fingerprint density at radius 3 is 2.52 bits per heavy atom. The number of carbonyl (C=O) groups is 1. The maximum Gasteiger partial charge on any atom is 0.321 e. The van der Waals surface area contributed by atoms with Gasteiger partial charge in [0.05, 0.1) is 17.8 Å². The minimum atomic E-state index is -0.903. The molecule has 0 saturated carbocycles. The van der Waals surface area contributed by atoms with Crippen LogP contribution in [0.4, 0.5) is 10.5 Å². The average molecular weight is 310 g/mol. The molecule has 0 unspecified atom stereocenters. The fourth-order valence-electron chi connectivity index (χ4n) is 1.92. The summed E-state index contributed by atoms with van der Waals surface area (Å²) >= 11 is 1.72. The molecular formula is C16H26N2O2S. The van der Waals surface area contributed by atoms with E-state index in [0.29, 0.717) is 18.3 Å². The number of aliphatic hydroxyl groups is 1. The summed E-state index contributed by atoms with van der Waals surface area (Å²) < 4.78 is 0. The van der Waals surface area contributed by atoms with Gasteiger partial charge in [-0.25, -0.2) is 4.79 Å². The Balaban J connectivity index is 2.82. The molecule has 4 nitrogen and oxygen atoms in total. The predicted octanol–water partition coefficient (Wildman–Crippen LogP) is 3.81. The Kier molecular flexibility index (Phi) is 6.55. The van der Waals surface area contributed by atoms with E-state index < -0.39 is 5.60 Å². The molecule has 2 N–H and O–H groups in total. The molecule has 0 aliphatic heterocycles. The van der Waals surface area contributed by atoms with Gasteiger partial charge in [0.2, 0.25) is 0 Å². The summed E-state index contributed by atoms with van der Waals surface area (Å²) in [7, 11) is 0. The summed E-state index contributed by atoms with van der Waals surface area (Å²) in [6.45, 7) is 10.4. The molecule has 2 amide bonds. The van der Waals surface area contributed by atoms with Crippen molar-refractivity contribution in [1.29, 1.82) is 0 Å².